The van der Waals surface area contributed by atoms with Gasteiger partial charge in [-0.05, 0) is 148 Å². The predicted molar refractivity (Wildman–Crippen MR) is 294 cm³/mol. The van der Waals surface area contributed by atoms with Crippen LogP contribution in [-0.2, 0) is 21.7 Å². The smallest absolute Gasteiger partial charge is 0.0736 e. The SMILES string of the molecule is CC(C)(C)c1ccc2c(c1)C1(c3ccccc3Sc3ccc(N(c4ccc5c(c4)C4(c6ccccc6-c6ccccc64)c4ccccc4-5)c4cccc5ccccc45)cc31)c1cc(C(C)(C)C)ccc1-2. The quantitative estimate of drug-likeness (QED) is 0.174. The van der Waals surface area contributed by atoms with E-state index in [0.717, 1.165) is 17.1 Å². The fourth-order valence-electron chi connectivity index (χ4n) is 13.1. The van der Waals surface area contributed by atoms with Crippen molar-refractivity contribution in [2.75, 3.05) is 4.90 Å². The Bertz CT molecular complexity index is 3720. The molecule has 4 aliphatic rings. The van der Waals surface area contributed by atoms with Crippen LogP contribution in [0.4, 0.5) is 17.1 Å². The van der Waals surface area contributed by atoms with E-state index in [4.69, 9.17) is 0 Å². The van der Waals surface area contributed by atoms with E-state index in [1.54, 1.807) is 0 Å². The fraction of sp³-hybridized carbons (Fsp3) is 0.147. The highest BCUT2D eigenvalue weighted by Crippen LogP contribution is 2.66. The summed E-state index contributed by atoms with van der Waals surface area (Å²) in [6, 6.07) is 81.8. The number of hydrogen-bond acceptors (Lipinski definition) is 2. The highest BCUT2D eigenvalue weighted by Gasteiger charge is 2.53. The summed E-state index contributed by atoms with van der Waals surface area (Å²) < 4.78 is 0. The van der Waals surface area contributed by atoms with E-state index in [1.165, 1.54) is 110 Å². The monoisotopic (exact) mass is 915 g/mol. The minimum absolute atomic E-state index is 0.0364. The molecule has 0 aromatic heterocycles. The molecule has 0 unspecified atom stereocenters. The van der Waals surface area contributed by atoms with Gasteiger partial charge in [0.2, 0.25) is 0 Å². The van der Waals surface area contributed by atoms with Crippen molar-refractivity contribution in [1.29, 1.82) is 0 Å². The summed E-state index contributed by atoms with van der Waals surface area (Å²) in [5, 5.41) is 2.43. The van der Waals surface area contributed by atoms with E-state index in [1.807, 2.05) is 11.8 Å². The Morgan fingerprint density at radius 1 is 0.329 bits per heavy atom. The van der Waals surface area contributed by atoms with E-state index in [-0.39, 0.29) is 10.8 Å². The zero-order chi connectivity index (χ0) is 47.3. The molecule has 0 bridgehead atoms. The van der Waals surface area contributed by atoms with Crippen molar-refractivity contribution in [2.24, 2.45) is 0 Å². The minimum atomic E-state index is -0.564. The standard InChI is InChI=1S/C68H53NS/c1-65(2,3)43-30-34-51-52-35-31-44(66(4,5)6)39-59(52)68(58(51)38-43)57-27-15-16-29-63(57)70-64-37-33-46(41-61(64)68)69(62-28-17-19-42-18-7-8-20-47(42)62)45-32-36-53-50-23-11-14-26-56(50)67(60(53)40-45)54-24-12-9-21-48(54)49-22-10-13-25-55(49)67/h7-41H,1-6H3. The van der Waals surface area contributed by atoms with E-state index in [9.17, 15) is 0 Å². The second kappa shape index (κ2) is 14.6. The molecule has 14 rings (SSSR count). The summed E-state index contributed by atoms with van der Waals surface area (Å²) in [7, 11) is 0. The van der Waals surface area contributed by atoms with Crippen molar-refractivity contribution < 1.29 is 0 Å². The van der Waals surface area contributed by atoms with Crippen LogP contribution in [0.3, 0.4) is 0 Å². The van der Waals surface area contributed by atoms with E-state index < -0.39 is 10.8 Å². The van der Waals surface area contributed by atoms with Crippen molar-refractivity contribution in [2.45, 2.75) is 73.0 Å². The molecule has 1 nitrogen and oxygen atoms in total. The zero-order valence-electron chi connectivity index (χ0n) is 40.6. The van der Waals surface area contributed by atoms with Crippen LogP contribution >= 0.6 is 11.8 Å². The third kappa shape index (κ3) is 5.52. The second-order valence-electron chi connectivity index (χ2n) is 22.0. The van der Waals surface area contributed by atoms with Crippen LogP contribution in [0.5, 0.6) is 0 Å². The lowest BCUT2D eigenvalue weighted by Crippen LogP contribution is -2.33. The highest BCUT2D eigenvalue weighted by molar-refractivity contribution is 7.99. The van der Waals surface area contributed by atoms with Crippen LogP contribution in [0.15, 0.2) is 222 Å². The molecular weight excluding hydrogens is 863 g/mol. The van der Waals surface area contributed by atoms with Crippen LogP contribution < -0.4 is 4.90 Å². The second-order valence-corrected chi connectivity index (χ2v) is 23.1. The summed E-state index contributed by atoms with van der Waals surface area (Å²) >= 11 is 1.92. The molecule has 3 aliphatic carbocycles. The van der Waals surface area contributed by atoms with Crippen molar-refractivity contribution in [3.05, 3.63) is 268 Å². The molecule has 1 aliphatic heterocycles. The van der Waals surface area contributed by atoms with Gasteiger partial charge in [-0.2, -0.15) is 0 Å². The first-order chi connectivity index (χ1) is 34.0. The van der Waals surface area contributed by atoms with Gasteiger partial charge in [0.15, 0.2) is 0 Å². The lowest BCUT2D eigenvalue weighted by Gasteiger charge is -2.41. The molecule has 0 atom stereocenters. The Balaban J connectivity index is 1.07. The lowest BCUT2D eigenvalue weighted by atomic mass is 9.66. The first kappa shape index (κ1) is 41.6. The van der Waals surface area contributed by atoms with E-state index in [2.05, 4.69) is 259 Å². The molecule has 0 radical (unpaired) electrons. The average Bonchev–Trinajstić information content (AvgIpc) is 3.96. The van der Waals surface area contributed by atoms with Crippen molar-refractivity contribution in [3.63, 3.8) is 0 Å². The average molecular weight is 916 g/mol. The molecule has 0 saturated carbocycles. The Kier molecular flexibility index (Phi) is 8.66. The van der Waals surface area contributed by atoms with Crippen molar-refractivity contribution in [3.8, 4) is 33.4 Å². The van der Waals surface area contributed by atoms with Crippen molar-refractivity contribution in [1.82, 2.24) is 0 Å². The van der Waals surface area contributed by atoms with Gasteiger partial charge in [0, 0.05) is 26.6 Å². The highest BCUT2D eigenvalue weighted by atomic mass is 32.2. The molecule has 2 heteroatoms. The normalized spacial score (nSPS) is 14.9. The Hall–Kier alpha value is -7.39. The molecule has 1 heterocycles. The maximum Gasteiger partial charge on any atom is 0.0736 e. The molecule has 10 aromatic rings. The topological polar surface area (TPSA) is 3.24 Å². The van der Waals surface area contributed by atoms with Crippen LogP contribution in [0.1, 0.15) is 97.2 Å². The fourth-order valence-corrected chi connectivity index (χ4v) is 14.2. The number of benzene rings is 10. The van der Waals surface area contributed by atoms with Gasteiger partial charge >= 0.3 is 0 Å². The molecule has 336 valence electrons. The van der Waals surface area contributed by atoms with Gasteiger partial charge in [0.1, 0.15) is 0 Å². The number of anilines is 3. The third-order valence-electron chi connectivity index (χ3n) is 16.3. The molecule has 2 spiro atoms. The number of rotatable bonds is 3. The molecule has 0 saturated heterocycles. The van der Waals surface area contributed by atoms with E-state index >= 15 is 0 Å². The van der Waals surface area contributed by atoms with Gasteiger partial charge in [0.05, 0.1) is 16.5 Å². The van der Waals surface area contributed by atoms with E-state index in [0.29, 0.717) is 0 Å². The molecule has 0 N–H and O–H groups in total. The zero-order valence-corrected chi connectivity index (χ0v) is 41.4. The maximum absolute atomic E-state index is 2.57. The number of hydrogen-bond donors (Lipinski definition) is 0. The predicted octanol–water partition coefficient (Wildman–Crippen LogP) is 18.1. The first-order valence-corrected chi connectivity index (χ1v) is 25.7. The number of nitrogens with zero attached hydrogens (tertiary/aromatic N) is 1. The Labute approximate surface area is 416 Å². The van der Waals surface area contributed by atoms with Crippen molar-refractivity contribution >= 4 is 39.6 Å². The third-order valence-corrected chi connectivity index (χ3v) is 17.4. The number of fused-ring (bicyclic) bond motifs is 20. The van der Waals surface area contributed by atoms with Gasteiger partial charge in [-0.3, -0.25) is 0 Å². The van der Waals surface area contributed by atoms with Gasteiger partial charge in [0.25, 0.3) is 0 Å². The Morgan fingerprint density at radius 3 is 1.33 bits per heavy atom. The molecule has 0 amide bonds. The van der Waals surface area contributed by atoms with Crippen LogP contribution in [0.25, 0.3) is 44.2 Å². The summed E-state index contributed by atoms with van der Waals surface area (Å²) in [5.74, 6) is 0. The summed E-state index contributed by atoms with van der Waals surface area (Å²) in [5.41, 5.74) is 23.7. The molecule has 10 aromatic carbocycles. The summed E-state index contributed by atoms with van der Waals surface area (Å²) in [6.07, 6.45) is 0. The molecular formula is C68H53NS. The lowest BCUT2D eigenvalue weighted by molar-refractivity contribution is 0.585. The molecule has 70 heavy (non-hydrogen) atoms. The van der Waals surface area contributed by atoms with Gasteiger partial charge in [-0.1, -0.05) is 223 Å². The minimum Gasteiger partial charge on any atom is -0.310 e. The maximum atomic E-state index is 2.57. The van der Waals surface area contributed by atoms with Gasteiger partial charge in [-0.15, -0.1) is 0 Å². The summed E-state index contributed by atoms with van der Waals surface area (Å²) in [4.78, 5) is 5.18. The van der Waals surface area contributed by atoms with Crippen LogP contribution in [0.2, 0.25) is 0 Å². The summed E-state index contributed by atoms with van der Waals surface area (Å²) in [6.45, 7) is 14.1. The Morgan fingerprint density at radius 2 is 0.743 bits per heavy atom. The first-order valence-electron chi connectivity index (χ1n) is 24.9. The van der Waals surface area contributed by atoms with Crippen LogP contribution in [0, 0.1) is 0 Å². The largest absolute Gasteiger partial charge is 0.310 e. The van der Waals surface area contributed by atoms with Gasteiger partial charge in [-0.25, -0.2) is 0 Å². The molecule has 0 fully saturated rings. The van der Waals surface area contributed by atoms with Gasteiger partial charge < -0.3 is 4.90 Å². The van der Waals surface area contributed by atoms with Crippen LogP contribution in [-0.4, -0.2) is 0 Å².